The van der Waals surface area contributed by atoms with E-state index in [9.17, 15) is 0 Å². The van der Waals surface area contributed by atoms with Gasteiger partial charge in [0.05, 0.1) is 0 Å². The number of hydrogen-bond acceptors (Lipinski definition) is 0. The molecule has 0 bridgehead atoms. The lowest BCUT2D eigenvalue weighted by molar-refractivity contribution is 0.737. The predicted octanol–water partition coefficient (Wildman–Crippen LogP) is 10.6. The lowest BCUT2D eigenvalue weighted by Gasteiger charge is -1.79. The summed E-state index contributed by atoms with van der Waals surface area (Å²) in [5.74, 6) is 0.833. The van der Waals surface area contributed by atoms with E-state index in [1.54, 1.807) is 0 Å². The molecule has 0 unspecified atom stereocenters. The third-order valence-electron chi connectivity index (χ3n) is 1.33. The van der Waals surface area contributed by atoms with Gasteiger partial charge in [0, 0.05) is 0 Å². The van der Waals surface area contributed by atoms with Crippen LogP contribution < -0.4 is 0 Å². The van der Waals surface area contributed by atoms with E-state index in [0.717, 1.165) is 5.92 Å². The third-order valence-corrected chi connectivity index (χ3v) is 1.33. The van der Waals surface area contributed by atoms with Crippen molar-refractivity contribution < 1.29 is 0 Å². The third kappa shape index (κ3) is 113. The molecule has 0 heteroatoms. The molecule has 0 saturated carbocycles. The maximum atomic E-state index is 2.17. The summed E-state index contributed by atoms with van der Waals surface area (Å²) in [6.45, 7) is 26.8. The predicted molar refractivity (Wildman–Crippen MR) is 135 cm³/mol. The van der Waals surface area contributed by atoms with Crippen LogP contribution in [-0.4, -0.2) is 0 Å². The van der Waals surface area contributed by atoms with Crippen molar-refractivity contribution >= 4 is 0 Å². The fraction of sp³-hybridized carbons (Fsp3) is 0.556. The molecule has 162 valence electrons. The molecule has 0 aliphatic heterocycles. The largest absolute Gasteiger partial charge is 0.0683 e. The van der Waals surface area contributed by atoms with Crippen LogP contribution in [0.3, 0.4) is 0 Å². The zero-order valence-corrected chi connectivity index (χ0v) is 21.2. The minimum absolute atomic E-state index is 0.833. The van der Waals surface area contributed by atoms with Gasteiger partial charge in [-0.2, -0.15) is 0 Å². The molecule has 2 aromatic rings. The Morgan fingerprint density at radius 3 is 0.444 bits per heavy atom. The Hall–Kier alpha value is -1.56. The van der Waals surface area contributed by atoms with Crippen molar-refractivity contribution in [3.05, 3.63) is 72.8 Å². The van der Waals surface area contributed by atoms with Crippen molar-refractivity contribution in [2.24, 2.45) is 5.92 Å². The second-order valence-electron chi connectivity index (χ2n) is 4.75. The van der Waals surface area contributed by atoms with E-state index in [4.69, 9.17) is 0 Å². The van der Waals surface area contributed by atoms with Crippen LogP contribution in [0, 0.1) is 5.92 Å². The summed E-state index contributed by atoms with van der Waals surface area (Å²) in [4.78, 5) is 0. The minimum Gasteiger partial charge on any atom is -0.0683 e. The Kier molecular flexibility index (Phi) is 95.9. The van der Waals surface area contributed by atoms with Crippen molar-refractivity contribution in [2.45, 2.75) is 96.4 Å². The van der Waals surface area contributed by atoms with Crippen LogP contribution in [0.1, 0.15) is 96.4 Å². The molecule has 0 aliphatic carbocycles. The maximum Gasteiger partial charge on any atom is -0.0500 e. The van der Waals surface area contributed by atoms with E-state index in [2.05, 4.69) is 34.6 Å². The monoisotopic (exact) mass is 378 g/mol. The van der Waals surface area contributed by atoms with Gasteiger partial charge in [0.15, 0.2) is 0 Å². The van der Waals surface area contributed by atoms with E-state index < -0.39 is 0 Å². The summed E-state index contributed by atoms with van der Waals surface area (Å²) in [6.07, 6.45) is 1.25. The number of benzene rings is 2. The molecule has 0 aliphatic rings. The number of hydrogen-bond donors (Lipinski definition) is 0. The number of rotatable bonds is 0. The van der Waals surface area contributed by atoms with Crippen LogP contribution in [0.5, 0.6) is 0 Å². The lowest BCUT2D eigenvalue weighted by Crippen LogP contribution is -1.66. The van der Waals surface area contributed by atoms with Gasteiger partial charge in [0.1, 0.15) is 0 Å². The van der Waals surface area contributed by atoms with Crippen molar-refractivity contribution in [3.8, 4) is 0 Å². The molecule has 0 radical (unpaired) electrons. The van der Waals surface area contributed by atoms with Gasteiger partial charge in [-0.1, -0.05) is 169 Å². The van der Waals surface area contributed by atoms with Crippen LogP contribution in [-0.2, 0) is 0 Å². The second-order valence-corrected chi connectivity index (χ2v) is 4.75. The average Bonchev–Trinajstić information content (AvgIpc) is 2.77. The Balaban J connectivity index is -0.0000000496. The van der Waals surface area contributed by atoms with E-state index in [0.29, 0.717) is 0 Å². The molecule has 0 heterocycles. The summed E-state index contributed by atoms with van der Waals surface area (Å²) in [5.41, 5.74) is 0. The van der Waals surface area contributed by atoms with Crippen molar-refractivity contribution in [2.75, 3.05) is 0 Å². The van der Waals surface area contributed by atoms with Crippen molar-refractivity contribution in [1.29, 1.82) is 0 Å². The Labute approximate surface area is 175 Å². The van der Waals surface area contributed by atoms with Gasteiger partial charge in [-0.3, -0.25) is 0 Å². The summed E-state index contributed by atoms with van der Waals surface area (Å²) in [6, 6.07) is 24.0. The summed E-state index contributed by atoms with van der Waals surface area (Å²) >= 11 is 0. The van der Waals surface area contributed by atoms with E-state index >= 15 is 0 Å². The highest BCUT2D eigenvalue weighted by molar-refractivity contribution is 4.99. The van der Waals surface area contributed by atoms with Gasteiger partial charge >= 0.3 is 0 Å². The van der Waals surface area contributed by atoms with Crippen LogP contribution in [0.25, 0.3) is 0 Å². The topological polar surface area (TPSA) is 0 Å². The van der Waals surface area contributed by atoms with Gasteiger partial charge in [-0.25, -0.2) is 0 Å². The van der Waals surface area contributed by atoms with Gasteiger partial charge in [-0.15, -0.1) is 0 Å². The molecule has 2 aromatic carbocycles. The molecular formula is C27H54. The van der Waals surface area contributed by atoms with Crippen LogP contribution in [0.2, 0.25) is 0 Å². The highest BCUT2D eigenvalue weighted by Gasteiger charge is 1.68. The Morgan fingerprint density at radius 1 is 0.370 bits per heavy atom. The molecule has 27 heavy (non-hydrogen) atoms. The first-order valence-electron chi connectivity index (χ1n) is 11.1. The smallest absolute Gasteiger partial charge is 0.0500 e. The Bertz CT molecular complexity index is 223. The zero-order chi connectivity index (χ0) is 22.8. The van der Waals surface area contributed by atoms with Crippen molar-refractivity contribution in [3.63, 3.8) is 0 Å². The molecule has 0 aromatic heterocycles. The zero-order valence-electron chi connectivity index (χ0n) is 21.2. The molecular weight excluding hydrogens is 324 g/mol. The highest BCUT2D eigenvalue weighted by atomic mass is 13.7. The summed E-state index contributed by atoms with van der Waals surface area (Å²) in [5, 5.41) is 0. The summed E-state index contributed by atoms with van der Waals surface area (Å²) in [7, 11) is 0. The molecule has 0 N–H and O–H groups in total. The van der Waals surface area contributed by atoms with E-state index in [1.165, 1.54) is 6.42 Å². The lowest BCUT2D eigenvalue weighted by atomic mass is 10.3. The summed E-state index contributed by atoms with van der Waals surface area (Å²) < 4.78 is 0. The van der Waals surface area contributed by atoms with Crippen LogP contribution in [0.15, 0.2) is 72.8 Å². The van der Waals surface area contributed by atoms with Crippen LogP contribution in [0.4, 0.5) is 0 Å². The highest BCUT2D eigenvalue weighted by Crippen LogP contribution is 1.81. The standard InChI is InChI=1S/2C6H6.C4H10.C3H8.4C2H6/c2*1-2-4-6-5-3-1;1-4(2)3;1-3-2;4*1-2/h2*1-6H;4H,1-3H3;3H2,1-2H3;4*1-2H3. The Morgan fingerprint density at radius 2 is 0.407 bits per heavy atom. The SMILES string of the molecule is CC.CC.CC.CC.CC(C)C.CCC.c1ccccc1.c1ccccc1. The normalized spacial score (nSPS) is 6.44. The molecule has 2 rings (SSSR count). The van der Waals surface area contributed by atoms with E-state index in [-0.39, 0.29) is 0 Å². The first-order chi connectivity index (χ1) is 13.1. The van der Waals surface area contributed by atoms with E-state index in [1.807, 2.05) is 128 Å². The van der Waals surface area contributed by atoms with Gasteiger partial charge in [-0.05, 0) is 5.92 Å². The molecule has 0 amide bonds. The maximum absolute atomic E-state index is 2.17. The minimum atomic E-state index is 0.833. The first kappa shape index (κ1) is 40.2. The molecule has 0 fully saturated rings. The molecule has 0 spiro atoms. The fourth-order valence-electron chi connectivity index (χ4n) is 0.770. The average molecular weight is 379 g/mol. The van der Waals surface area contributed by atoms with Gasteiger partial charge in [0.2, 0.25) is 0 Å². The van der Waals surface area contributed by atoms with Crippen LogP contribution >= 0.6 is 0 Å². The molecule has 0 atom stereocenters. The van der Waals surface area contributed by atoms with Gasteiger partial charge in [0.25, 0.3) is 0 Å². The molecule has 0 nitrogen and oxygen atoms in total. The van der Waals surface area contributed by atoms with Crippen molar-refractivity contribution in [1.82, 2.24) is 0 Å². The quantitative estimate of drug-likeness (QED) is 0.427. The molecule has 0 saturated heterocycles. The fourth-order valence-corrected chi connectivity index (χ4v) is 0.770. The second kappa shape index (κ2) is 64.4. The van der Waals surface area contributed by atoms with Gasteiger partial charge < -0.3 is 0 Å². The first-order valence-corrected chi connectivity index (χ1v) is 11.1.